The Morgan fingerprint density at radius 3 is 2.32 bits per heavy atom. The highest BCUT2D eigenvalue weighted by Crippen LogP contribution is 2.26. The van der Waals surface area contributed by atoms with Crippen LogP contribution in [0, 0.1) is 0 Å². The largest absolute Gasteiger partial charge is 0.491 e. The first-order valence-electron chi connectivity index (χ1n) is 8.94. The minimum Gasteiger partial charge on any atom is -0.491 e. The third-order valence-corrected chi connectivity index (χ3v) is 5.30. The molecule has 0 spiro atoms. The summed E-state index contributed by atoms with van der Waals surface area (Å²) < 4.78 is 31.6. The average molecular weight is 425 g/mol. The summed E-state index contributed by atoms with van der Waals surface area (Å²) >= 11 is 6.01. The van der Waals surface area contributed by atoms with Gasteiger partial charge in [0.1, 0.15) is 11.8 Å². The van der Waals surface area contributed by atoms with E-state index in [-0.39, 0.29) is 6.10 Å². The number of carbonyl (C=O) groups is 1. The minimum absolute atomic E-state index is 0.0472. The summed E-state index contributed by atoms with van der Waals surface area (Å²) in [5, 5.41) is 3.17. The Kier molecular flexibility index (Phi) is 7.32. The summed E-state index contributed by atoms with van der Waals surface area (Å²) in [6, 6.07) is 12.4. The van der Waals surface area contributed by atoms with Crippen LogP contribution in [-0.4, -0.2) is 32.7 Å². The van der Waals surface area contributed by atoms with Crippen molar-refractivity contribution in [1.29, 1.82) is 0 Å². The Morgan fingerprint density at radius 1 is 1.18 bits per heavy atom. The molecule has 6 nitrogen and oxygen atoms in total. The molecule has 0 aliphatic heterocycles. The number of halogens is 1. The third kappa shape index (κ3) is 5.87. The molecule has 152 valence electrons. The average Bonchev–Trinajstić information content (AvgIpc) is 2.59. The van der Waals surface area contributed by atoms with Gasteiger partial charge in [0.2, 0.25) is 15.9 Å². The van der Waals surface area contributed by atoms with Gasteiger partial charge in [-0.25, -0.2) is 8.42 Å². The lowest BCUT2D eigenvalue weighted by Gasteiger charge is -2.30. The number of carbonyl (C=O) groups excluding carboxylic acids is 1. The summed E-state index contributed by atoms with van der Waals surface area (Å²) in [6.45, 7) is 5.61. The second kappa shape index (κ2) is 9.30. The van der Waals surface area contributed by atoms with Gasteiger partial charge in [0.25, 0.3) is 0 Å². The van der Waals surface area contributed by atoms with Gasteiger partial charge in [0.15, 0.2) is 0 Å². The Balaban J connectivity index is 2.26. The molecule has 0 fully saturated rings. The Bertz CT molecular complexity index is 914. The van der Waals surface area contributed by atoms with Crippen molar-refractivity contribution in [2.45, 2.75) is 39.3 Å². The van der Waals surface area contributed by atoms with Crippen LogP contribution < -0.4 is 14.4 Å². The number of sulfonamides is 1. The number of amides is 1. The van der Waals surface area contributed by atoms with Crippen molar-refractivity contribution in [3.63, 3.8) is 0 Å². The van der Waals surface area contributed by atoms with Gasteiger partial charge in [0.05, 0.1) is 18.0 Å². The van der Waals surface area contributed by atoms with Gasteiger partial charge in [0, 0.05) is 10.7 Å². The summed E-state index contributed by atoms with van der Waals surface area (Å²) in [5.41, 5.74) is 0.900. The van der Waals surface area contributed by atoms with Crippen LogP contribution in [0.2, 0.25) is 5.02 Å². The summed E-state index contributed by atoms with van der Waals surface area (Å²) in [7, 11) is -3.71. The first-order chi connectivity index (χ1) is 13.1. The predicted molar refractivity (Wildman–Crippen MR) is 114 cm³/mol. The molecule has 1 atom stereocenters. The summed E-state index contributed by atoms with van der Waals surface area (Å²) in [5.74, 6) is 0.266. The molecule has 1 N–H and O–H groups in total. The number of hydrogen-bond donors (Lipinski definition) is 1. The SMILES string of the molecule is CC[C@H](C(=O)Nc1ccc(OC(C)C)cc1)N(c1cccc(Cl)c1)S(C)(=O)=O. The molecular weight excluding hydrogens is 400 g/mol. The van der Waals surface area contributed by atoms with Gasteiger partial charge < -0.3 is 10.1 Å². The molecule has 0 saturated heterocycles. The molecular formula is C20H25ClN2O4S. The molecule has 0 aliphatic carbocycles. The molecule has 0 aromatic heterocycles. The Labute approximate surface area is 171 Å². The third-order valence-electron chi connectivity index (χ3n) is 3.89. The van der Waals surface area contributed by atoms with E-state index in [0.29, 0.717) is 28.6 Å². The van der Waals surface area contributed by atoms with Crippen LogP contribution in [0.4, 0.5) is 11.4 Å². The topological polar surface area (TPSA) is 75.7 Å². The van der Waals surface area contributed by atoms with Crippen LogP contribution in [-0.2, 0) is 14.8 Å². The van der Waals surface area contributed by atoms with E-state index >= 15 is 0 Å². The maximum absolute atomic E-state index is 12.9. The highest BCUT2D eigenvalue weighted by Gasteiger charge is 2.31. The van der Waals surface area contributed by atoms with Crippen LogP contribution in [0.3, 0.4) is 0 Å². The fourth-order valence-electron chi connectivity index (χ4n) is 2.79. The standard InChI is InChI=1S/C20H25ClN2O4S/c1-5-19(23(28(4,25)26)17-8-6-7-15(21)13-17)20(24)22-16-9-11-18(12-10-16)27-14(2)3/h6-14,19H,5H2,1-4H3,(H,22,24)/t19-/m1/s1. The van der Waals surface area contributed by atoms with Gasteiger partial charge in [-0.05, 0) is 62.7 Å². The smallest absolute Gasteiger partial charge is 0.248 e. The first kappa shape index (κ1) is 22.0. The number of rotatable bonds is 8. The first-order valence-corrected chi connectivity index (χ1v) is 11.2. The Morgan fingerprint density at radius 2 is 1.82 bits per heavy atom. The van der Waals surface area contributed by atoms with E-state index in [9.17, 15) is 13.2 Å². The van der Waals surface area contributed by atoms with Crippen LogP contribution >= 0.6 is 11.6 Å². The zero-order chi connectivity index (χ0) is 20.9. The molecule has 0 unspecified atom stereocenters. The zero-order valence-electron chi connectivity index (χ0n) is 16.3. The molecule has 2 rings (SSSR count). The molecule has 2 aromatic carbocycles. The number of nitrogens with zero attached hydrogens (tertiary/aromatic N) is 1. The highest BCUT2D eigenvalue weighted by atomic mass is 35.5. The van der Waals surface area contributed by atoms with Crippen LogP contribution in [0.1, 0.15) is 27.2 Å². The second-order valence-electron chi connectivity index (χ2n) is 6.64. The summed E-state index contributed by atoms with van der Waals surface area (Å²) in [4.78, 5) is 12.9. The van der Waals surface area contributed by atoms with E-state index in [0.717, 1.165) is 10.6 Å². The number of benzene rings is 2. The fourth-order valence-corrected chi connectivity index (χ4v) is 4.18. The van der Waals surface area contributed by atoms with Crippen molar-refractivity contribution in [3.8, 4) is 5.75 Å². The van der Waals surface area contributed by atoms with Crippen molar-refractivity contribution >= 4 is 38.9 Å². The fraction of sp³-hybridized carbons (Fsp3) is 0.350. The van der Waals surface area contributed by atoms with Crippen LogP contribution in [0.15, 0.2) is 48.5 Å². The quantitative estimate of drug-likeness (QED) is 0.685. The molecule has 0 saturated carbocycles. The molecule has 8 heteroatoms. The van der Waals surface area contributed by atoms with Gasteiger partial charge in [-0.2, -0.15) is 0 Å². The second-order valence-corrected chi connectivity index (χ2v) is 8.94. The molecule has 0 heterocycles. The van der Waals surface area contributed by atoms with Crippen LogP contribution in [0.5, 0.6) is 5.75 Å². The van der Waals surface area contributed by atoms with Gasteiger partial charge >= 0.3 is 0 Å². The van der Waals surface area contributed by atoms with E-state index < -0.39 is 22.0 Å². The van der Waals surface area contributed by atoms with Gasteiger partial charge in [-0.1, -0.05) is 24.6 Å². The van der Waals surface area contributed by atoms with E-state index in [4.69, 9.17) is 16.3 Å². The molecule has 28 heavy (non-hydrogen) atoms. The normalized spacial score (nSPS) is 12.5. The Hall–Kier alpha value is -2.25. The predicted octanol–water partition coefficient (Wildman–Crippen LogP) is 4.31. The van der Waals surface area contributed by atoms with Crippen molar-refractivity contribution < 1.29 is 17.9 Å². The van der Waals surface area contributed by atoms with Crippen molar-refractivity contribution in [2.75, 3.05) is 15.9 Å². The molecule has 1 amide bonds. The van der Waals surface area contributed by atoms with E-state index in [1.807, 2.05) is 13.8 Å². The van der Waals surface area contributed by atoms with Crippen molar-refractivity contribution in [1.82, 2.24) is 0 Å². The van der Waals surface area contributed by atoms with E-state index in [2.05, 4.69) is 5.32 Å². The van der Waals surface area contributed by atoms with Crippen LogP contribution in [0.25, 0.3) is 0 Å². The lowest BCUT2D eigenvalue weighted by molar-refractivity contribution is -0.117. The van der Waals surface area contributed by atoms with Crippen molar-refractivity contribution in [2.24, 2.45) is 0 Å². The van der Waals surface area contributed by atoms with E-state index in [1.165, 1.54) is 6.07 Å². The number of ether oxygens (including phenoxy) is 1. The number of anilines is 2. The molecule has 2 aromatic rings. The van der Waals surface area contributed by atoms with Gasteiger partial charge in [-0.3, -0.25) is 9.10 Å². The molecule has 0 aliphatic rings. The maximum Gasteiger partial charge on any atom is 0.248 e. The minimum atomic E-state index is -3.71. The van der Waals surface area contributed by atoms with Crippen molar-refractivity contribution in [3.05, 3.63) is 53.6 Å². The lowest BCUT2D eigenvalue weighted by Crippen LogP contribution is -2.47. The molecule has 0 bridgehead atoms. The number of hydrogen-bond acceptors (Lipinski definition) is 4. The zero-order valence-corrected chi connectivity index (χ0v) is 17.9. The molecule has 0 radical (unpaired) electrons. The highest BCUT2D eigenvalue weighted by molar-refractivity contribution is 7.92. The lowest BCUT2D eigenvalue weighted by atomic mass is 10.1. The van der Waals surface area contributed by atoms with E-state index in [1.54, 1.807) is 49.4 Å². The van der Waals surface area contributed by atoms with Gasteiger partial charge in [-0.15, -0.1) is 0 Å². The maximum atomic E-state index is 12.9. The monoisotopic (exact) mass is 424 g/mol. The number of nitrogens with one attached hydrogen (secondary N) is 1. The summed E-state index contributed by atoms with van der Waals surface area (Å²) in [6.07, 6.45) is 1.41.